The van der Waals surface area contributed by atoms with Gasteiger partial charge in [0.1, 0.15) is 10.8 Å². The maximum absolute atomic E-state index is 9.89. The number of rotatable bonds is 3. The molecular formula is C20H24Cl2N4O. The number of halogens is 2. The van der Waals surface area contributed by atoms with Crippen molar-refractivity contribution in [3.63, 3.8) is 0 Å². The lowest BCUT2D eigenvalue weighted by Crippen LogP contribution is -2.42. The van der Waals surface area contributed by atoms with Gasteiger partial charge in [-0.15, -0.1) is 0 Å². The predicted molar refractivity (Wildman–Crippen MR) is 108 cm³/mol. The molecule has 0 amide bonds. The van der Waals surface area contributed by atoms with E-state index < -0.39 is 0 Å². The smallest absolute Gasteiger partial charge is 0.152 e. The minimum Gasteiger partial charge on any atom is -0.390 e. The van der Waals surface area contributed by atoms with E-state index in [1.807, 2.05) is 0 Å². The zero-order chi connectivity index (χ0) is 19.0. The van der Waals surface area contributed by atoms with Gasteiger partial charge >= 0.3 is 0 Å². The molecule has 1 spiro atoms. The van der Waals surface area contributed by atoms with Gasteiger partial charge in [-0.3, -0.25) is 0 Å². The van der Waals surface area contributed by atoms with E-state index in [0.717, 1.165) is 24.8 Å². The number of aliphatic hydroxyl groups is 1. The second-order valence-electron chi connectivity index (χ2n) is 7.79. The summed E-state index contributed by atoms with van der Waals surface area (Å²) in [5, 5.41) is 10.5. The Labute approximate surface area is 169 Å². The first kappa shape index (κ1) is 18.9. The van der Waals surface area contributed by atoms with E-state index in [9.17, 15) is 5.11 Å². The Morgan fingerprint density at radius 3 is 2.67 bits per heavy atom. The highest BCUT2D eigenvalue weighted by Gasteiger charge is 2.42. The molecule has 2 aromatic rings. The lowest BCUT2D eigenvalue weighted by molar-refractivity contribution is 0.161. The summed E-state index contributed by atoms with van der Waals surface area (Å²) in [6.07, 6.45) is 9.72. The quantitative estimate of drug-likeness (QED) is 0.745. The molecule has 0 bridgehead atoms. The molecule has 2 fully saturated rings. The fourth-order valence-corrected chi connectivity index (χ4v) is 5.12. The van der Waals surface area contributed by atoms with Crippen LogP contribution in [0.1, 0.15) is 44.7 Å². The Bertz CT molecular complexity index is 837. The maximum atomic E-state index is 9.89. The van der Waals surface area contributed by atoms with Crippen LogP contribution in [0, 0.1) is 11.3 Å². The van der Waals surface area contributed by atoms with Gasteiger partial charge in [-0.1, -0.05) is 43.0 Å². The monoisotopic (exact) mass is 406 g/mol. The Morgan fingerprint density at radius 1 is 1.22 bits per heavy atom. The molecule has 2 aromatic heterocycles. The number of pyridine rings is 1. The van der Waals surface area contributed by atoms with Crippen LogP contribution in [0.2, 0.25) is 10.2 Å². The zero-order valence-corrected chi connectivity index (χ0v) is 17.0. The molecule has 144 valence electrons. The molecule has 5 nitrogen and oxygen atoms in total. The van der Waals surface area contributed by atoms with Crippen molar-refractivity contribution in [1.29, 1.82) is 0 Å². The first-order chi connectivity index (χ1) is 13.0. The average Bonchev–Trinajstić information content (AvgIpc) is 3.04. The van der Waals surface area contributed by atoms with E-state index in [1.54, 1.807) is 18.5 Å². The number of nitrogens with zero attached hydrogens (tertiary/aromatic N) is 4. The fourth-order valence-electron chi connectivity index (χ4n) is 4.76. The molecule has 1 aliphatic heterocycles. The Hall–Kier alpha value is -1.43. The summed E-state index contributed by atoms with van der Waals surface area (Å²) in [5.41, 5.74) is 2.34. The van der Waals surface area contributed by atoms with Crippen LogP contribution in [0.5, 0.6) is 0 Å². The van der Waals surface area contributed by atoms with Crippen molar-refractivity contribution in [2.45, 2.75) is 45.6 Å². The second-order valence-corrected chi connectivity index (χ2v) is 8.53. The van der Waals surface area contributed by atoms with Crippen molar-refractivity contribution in [1.82, 2.24) is 15.0 Å². The van der Waals surface area contributed by atoms with Crippen LogP contribution < -0.4 is 4.90 Å². The third-order valence-corrected chi connectivity index (χ3v) is 7.28. The molecule has 2 aliphatic rings. The van der Waals surface area contributed by atoms with Crippen LogP contribution in [0.15, 0.2) is 18.5 Å². The van der Waals surface area contributed by atoms with Crippen LogP contribution in [0.4, 0.5) is 5.82 Å². The maximum Gasteiger partial charge on any atom is 0.152 e. The van der Waals surface area contributed by atoms with Gasteiger partial charge in [-0.05, 0) is 36.7 Å². The molecule has 1 saturated heterocycles. The van der Waals surface area contributed by atoms with Crippen molar-refractivity contribution in [3.05, 3.63) is 34.3 Å². The van der Waals surface area contributed by atoms with E-state index in [-0.39, 0.29) is 11.8 Å². The van der Waals surface area contributed by atoms with Gasteiger partial charge in [-0.25, -0.2) is 15.0 Å². The molecule has 0 radical (unpaired) electrons. The molecule has 3 heterocycles. The molecule has 1 aliphatic carbocycles. The van der Waals surface area contributed by atoms with E-state index in [4.69, 9.17) is 23.2 Å². The minimum atomic E-state index is -0.162. The van der Waals surface area contributed by atoms with Crippen LogP contribution in [0.3, 0.4) is 0 Å². The van der Waals surface area contributed by atoms with Gasteiger partial charge in [-0.2, -0.15) is 0 Å². The summed E-state index contributed by atoms with van der Waals surface area (Å²) in [5.74, 6) is 1.59. The Morgan fingerprint density at radius 2 is 2.00 bits per heavy atom. The highest BCUT2D eigenvalue weighted by atomic mass is 35.5. The third kappa shape index (κ3) is 3.41. The first-order valence-electron chi connectivity index (χ1n) is 9.56. The summed E-state index contributed by atoms with van der Waals surface area (Å²) in [6, 6.07) is 1.76. The molecule has 4 rings (SSSR count). The highest BCUT2D eigenvalue weighted by Crippen LogP contribution is 2.50. The summed E-state index contributed by atoms with van der Waals surface area (Å²) >= 11 is 12.3. The van der Waals surface area contributed by atoms with Crippen molar-refractivity contribution < 1.29 is 5.11 Å². The minimum absolute atomic E-state index is 0.162. The number of hydrogen-bond donors (Lipinski definition) is 1. The lowest BCUT2D eigenvalue weighted by Gasteiger charge is -2.43. The third-order valence-electron chi connectivity index (χ3n) is 6.51. The Kier molecular flexibility index (Phi) is 5.28. The van der Waals surface area contributed by atoms with Crippen molar-refractivity contribution >= 4 is 29.0 Å². The molecule has 7 heteroatoms. The Balaban J connectivity index is 1.58. The van der Waals surface area contributed by atoms with E-state index in [0.29, 0.717) is 27.4 Å². The summed E-state index contributed by atoms with van der Waals surface area (Å²) in [4.78, 5) is 15.5. The molecule has 0 aromatic carbocycles. The number of anilines is 1. The highest BCUT2D eigenvalue weighted by molar-refractivity contribution is 6.42. The normalized spacial score (nSPS) is 21.8. The largest absolute Gasteiger partial charge is 0.390 e. The van der Waals surface area contributed by atoms with Crippen molar-refractivity contribution in [3.8, 4) is 11.3 Å². The van der Waals surface area contributed by atoms with Crippen LogP contribution >= 0.6 is 23.2 Å². The van der Waals surface area contributed by atoms with Crippen LogP contribution in [-0.2, 0) is 6.61 Å². The summed E-state index contributed by atoms with van der Waals surface area (Å²) < 4.78 is 0. The molecule has 1 saturated carbocycles. The summed E-state index contributed by atoms with van der Waals surface area (Å²) in [7, 11) is 0. The topological polar surface area (TPSA) is 62.1 Å². The van der Waals surface area contributed by atoms with E-state index >= 15 is 0 Å². The number of hydrogen-bond acceptors (Lipinski definition) is 5. The predicted octanol–water partition coefficient (Wildman–Crippen LogP) is 4.74. The van der Waals surface area contributed by atoms with Crippen molar-refractivity contribution in [2.75, 3.05) is 18.0 Å². The lowest BCUT2D eigenvalue weighted by atomic mass is 9.71. The van der Waals surface area contributed by atoms with E-state index in [1.165, 1.54) is 32.1 Å². The standard InChI is InChI=1S/C20H24Cl2N4O/c1-13-3-2-5-20(13)6-9-26(10-7-20)19-16(12-27)25-15(11-24-19)14-4-8-23-18(22)17(14)21/h4,8,11,13,27H,2-3,5-7,9-10,12H2,1H3/t13-/m1/s1. The van der Waals surface area contributed by atoms with Gasteiger partial charge in [0, 0.05) is 24.8 Å². The second kappa shape index (κ2) is 7.53. The van der Waals surface area contributed by atoms with Crippen LogP contribution in [0.25, 0.3) is 11.3 Å². The molecule has 27 heavy (non-hydrogen) atoms. The number of piperidine rings is 1. The van der Waals surface area contributed by atoms with Gasteiger partial charge in [0.15, 0.2) is 5.82 Å². The van der Waals surface area contributed by atoms with Gasteiger partial charge < -0.3 is 10.0 Å². The first-order valence-corrected chi connectivity index (χ1v) is 10.3. The fraction of sp³-hybridized carbons (Fsp3) is 0.550. The summed E-state index contributed by atoms with van der Waals surface area (Å²) in [6.45, 7) is 4.17. The molecule has 1 N–H and O–H groups in total. The average molecular weight is 407 g/mol. The number of aliphatic hydroxyl groups excluding tert-OH is 1. The molecule has 1 atom stereocenters. The SMILES string of the molecule is C[C@@H]1CCCC12CCN(c1ncc(-c3ccnc(Cl)c3Cl)nc1CO)CC2. The van der Waals surface area contributed by atoms with Gasteiger partial charge in [0.05, 0.1) is 23.5 Å². The van der Waals surface area contributed by atoms with Crippen LogP contribution in [-0.4, -0.2) is 33.1 Å². The molecular weight excluding hydrogens is 383 g/mol. The van der Waals surface area contributed by atoms with E-state index in [2.05, 4.69) is 26.8 Å². The van der Waals surface area contributed by atoms with Gasteiger partial charge in [0.2, 0.25) is 0 Å². The zero-order valence-electron chi connectivity index (χ0n) is 15.5. The van der Waals surface area contributed by atoms with Crippen molar-refractivity contribution in [2.24, 2.45) is 11.3 Å². The van der Waals surface area contributed by atoms with Gasteiger partial charge in [0.25, 0.3) is 0 Å². The number of aromatic nitrogens is 3. The molecule has 0 unspecified atom stereocenters.